The van der Waals surface area contributed by atoms with E-state index in [2.05, 4.69) is 10.7 Å². The van der Waals surface area contributed by atoms with Crippen LogP contribution in [0.1, 0.15) is 38.8 Å². The Hall–Kier alpha value is -2.34. The molecule has 0 aromatic heterocycles. The number of nitrogens with one attached hydrogen (secondary N) is 2. The lowest BCUT2D eigenvalue weighted by molar-refractivity contribution is -0.133. The molecule has 1 aliphatic rings. The molecule has 0 spiro atoms. The second-order valence-corrected chi connectivity index (χ2v) is 6.20. The Morgan fingerprint density at radius 1 is 1.29 bits per heavy atom. The molecule has 130 valence electrons. The quantitative estimate of drug-likeness (QED) is 0.737. The van der Waals surface area contributed by atoms with E-state index in [1.54, 1.807) is 13.1 Å². The number of nitrogens with zero attached hydrogens (tertiary/aromatic N) is 1. The third kappa shape index (κ3) is 2.89. The number of amides is 2. The fourth-order valence-corrected chi connectivity index (χ4v) is 3.22. The number of rotatable bonds is 6. The number of hydrogen-bond acceptors (Lipinski definition) is 4. The van der Waals surface area contributed by atoms with Crippen LogP contribution in [-0.2, 0) is 9.59 Å². The second-order valence-electron chi connectivity index (χ2n) is 6.20. The van der Waals surface area contributed by atoms with Crippen LogP contribution in [-0.4, -0.2) is 29.4 Å². The predicted molar refractivity (Wildman–Crippen MR) is 93.4 cm³/mol. The third-order valence-electron chi connectivity index (χ3n) is 4.90. The van der Waals surface area contributed by atoms with Crippen LogP contribution in [0.5, 0.6) is 0 Å². The number of likely N-dealkylation sites (N-methyl/N-ethyl adjacent to an activating group) is 1. The standard InChI is InChI=1S/C18H26N4O2/c1-5-12(2)18(17(19)24)11-15(16(23)20-4)21-22(18)13(3)14-9-7-6-8-10-14/h6-13,21H,5H2,1-4H3,(H2,19,24)(H,20,23)/t12?,13-,18?/m0/s1. The van der Waals surface area contributed by atoms with E-state index in [4.69, 9.17) is 5.73 Å². The molecule has 1 aromatic rings. The van der Waals surface area contributed by atoms with Gasteiger partial charge in [-0.2, -0.15) is 5.01 Å². The molecule has 24 heavy (non-hydrogen) atoms. The monoisotopic (exact) mass is 330 g/mol. The molecule has 1 aliphatic heterocycles. The van der Waals surface area contributed by atoms with Gasteiger partial charge in [0.15, 0.2) is 0 Å². The molecule has 2 unspecified atom stereocenters. The van der Waals surface area contributed by atoms with Crippen LogP contribution in [0.2, 0.25) is 0 Å². The minimum atomic E-state index is -1.06. The van der Waals surface area contributed by atoms with Gasteiger partial charge >= 0.3 is 0 Å². The molecule has 0 saturated carbocycles. The largest absolute Gasteiger partial charge is 0.368 e. The van der Waals surface area contributed by atoms with Crippen LogP contribution in [0, 0.1) is 5.92 Å². The van der Waals surface area contributed by atoms with Crippen LogP contribution in [0.4, 0.5) is 0 Å². The van der Waals surface area contributed by atoms with E-state index in [0.29, 0.717) is 5.70 Å². The molecule has 0 aliphatic carbocycles. The van der Waals surface area contributed by atoms with Crippen molar-refractivity contribution in [3.63, 3.8) is 0 Å². The predicted octanol–water partition coefficient (Wildman–Crippen LogP) is 1.47. The highest BCUT2D eigenvalue weighted by molar-refractivity contribution is 5.97. The molecule has 0 bridgehead atoms. The Kier molecular flexibility index (Phi) is 5.29. The summed E-state index contributed by atoms with van der Waals surface area (Å²) in [6.07, 6.45) is 2.42. The molecule has 0 saturated heterocycles. The highest BCUT2D eigenvalue weighted by atomic mass is 16.2. The maximum atomic E-state index is 12.5. The van der Waals surface area contributed by atoms with E-state index >= 15 is 0 Å². The molecule has 0 fully saturated rings. The van der Waals surface area contributed by atoms with E-state index in [1.807, 2.05) is 56.1 Å². The van der Waals surface area contributed by atoms with Crippen molar-refractivity contribution in [1.29, 1.82) is 0 Å². The van der Waals surface area contributed by atoms with Crippen molar-refractivity contribution in [3.8, 4) is 0 Å². The minimum Gasteiger partial charge on any atom is -0.368 e. The average Bonchev–Trinajstić information content (AvgIpc) is 3.02. The number of nitrogens with two attached hydrogens (primary N) is 1. The maximum Gasteiger partial charge on any atom is 0.268 e. The van der Waals surface area contributed by atoms with Gasteiger partial charge in [0, 0.05) is 7.05 Å². The number of carbonyl (C=O) groups excluding carboxylic acids is 2. The Labute approximate surface area is 143 Å². The summed E-state index contributed by atoms with van der Waals surface area (Å²) in [5, 5.41) is 4.40. The highest BCUT2D eigenvalue weighted by Crippen LogP contribution is 2.38. The fourth-order valence-electron chi connectivity index (χ4n) is 3.22. The molecular weight excluding hydrogens is 304 g/mol. The molecule has 1 heterocycles. The summed E-state index contributed by atoms with van der Waals surface area (Å²) >= 11 is 0. The van der Waals surface area contributed by atoms with Crippen molar-refractivity contribution in [2.24, 2.45) is 11.7 Å². The lowest BCUT2D eigenvalue weighted by Gasteiger charge is -2.42. The topological polar surface area (TPSA) is 87.5 Å². The van der Waals surface area contributed by atoms with Gasteiger partial charge in [-0.05, 0) is 24.5 Å². The summed E-state index contributed by atoms with van der Waals surface area (Å²) in [6, 6.07) is 9.68. The Morgan fingerprint density at radius 3 is 2.42 bits per heavy atom. The molecule has 0 radical (unpaired) electrons. The molecule has 1 aromatic carbocycles. The van der Waals surface area contributed by atoms with Gasteiger partial charge in [-0.1, -0.05) is 50.6 Å². The normalized spacial score (nSPS) is 23.1. The van der Waals surface area contributed by atoms with Crippen LogP contribution in [0.3, 0.4) is 0 Å². The summed E-state index contributed by atoms with van der Waals surface area (Å²) in [7, 11) is 1.56. The fraction of sp³-hybridized carbons (Fsp3) is 0.444. The van der Waals surface area contributed by atoms with Crippen molar-refractivity contribution in [1.82, 2.24) is 15.8 Å². The van der Waals surface area contributed by atoms with Crippen LogP contribution in [0.15, 0.2) is 42.1 Å². The van der Waals surface area contributed by atoms with Gasteiger partial charge in [0.1, 0.15) is 11.2 Å². The van der Waals surface area contributed by atoms with E-state index in [9.17, 15) is 9.59 Å². The molecule has 4 N–H and O–H groups in total. The molecule has 6 nitrogen and oxygen atoms in total. The first-order valence-electron chi connectivity index (χ1n) is 8.24. The molecule has 3 atom stereocenters. The number of benzene rings is 1. The SMILES string of the molecule is CCC(C)C1(C(N)=O)C=C(C(=O)NC)NN1[C@@H](C)c1ccccc1. The lowest BCUT2D eigenvalue weighted by Crippen LogP contribution is -2.61. The summed E-state index contributed by atoms with van der Waals surface area (Å²) in [5.41, 5.74) is 9.25. The van der Waals surface area contributed by atoms with Crippen molar-refractivity contribution >= 4 is 11.8 Å². The van der Waals surface area contributed by atoms with Crippen LogP contribution >= 0.6 is 0 Å². The second kappa shape index (κ2) is 7.05. The Morgan fingerprint density at radius 2 is 1.92 bits per heavy atom. The number of hydrazine groups is 1. The van der Waals surface area contributed by atoms with E-state index in [0.717, 1.165) is 12.0 Å². The van der Waals surface area contributed by atoms with Gasteiger partial charge in [0.2, 0.25) is 5.91 Å². The number of carbonyl (C=O) groups is 2. The van der Waals surface area contributed by atoms with Gasteiger partial charge in [-0.3, -0.25) is 9.59 Å². The summed E-state index contributed by atoms with van der Waals surface area (Å²) in [4.78, 5) is 24.6. The molecule has 2 rings (SSSR count). The van der Waals surface area contributed by atoms with Crippen molar-refractivity contribution in [2.45, 2.75) is 38.8 Å². The van der Waals surface area contributed by atoms with Crippen LogP contribution < -0.4 is 16.5 Å². The third-order valence-corrected chi connectivity index (χ3v) is 4.90. The minimum absolute atomic E-state index is 0.0594. The smallest absolute Gasteiger partial charge is 0.268 e. The first-order valence-corrected chi connectivity index (χ1v) is 8.24. The molecular formula is C18H26N4O2. The number of primary amides is 1. The Bertz CT molecular complexity index is 644. The average molecular weight is 330 g/mol. The van der Waals surface area contributed by atoms with E-state index < -0.39 is 11.4 Å². The maximum absolute atomic E-state index is 12.5. The molecule has 2 amide bonds. The zero-order chi connectivity index (χ0) is 17.9. The van der Waals surface area contributed by atoms with Gasteiger partial charge in [0.05, 0.1) is 6.04 Å². The van der Waals surface area contributed by atoms with Gasteiger partial charge in [0.25, 0.3) is 5.91 Å². The van der Waals surface area contributed by atoms with Gasteiger partial charge in [-0.15, -0.1) is 0 Å². The van der Waals surface area contributed by atoms with Crippen LogP contribution in [0.25, 0.3) is 0 Å². The highest BCUT2D eigenvalue weighted by Gasteiger charge is 2.52. The van der Waals surface area contributed by atoms with E-state index in [1.165, 1.54) is 0 Å². The summed E-state index contributed by atoms with van der Waals surface area (Å²) in [6.45, 7) is 5.97. The molecule has 6 heteroatoms. The summed E-state index contributed by atoms with van der Waals surface area (Å²) in [5.74, 6) is -0.798. The number of hydrogen-bond donors (Lipinski definition) is 3. The lowest BCUT2D eigenvalue weighted by atomic mass is 9.81. The first kappa shape index (κ1) is 18.0. The van der Waals surface area contributed by atoms with Crippen molar-refractivity contribution in [3.05, 3.63) is 47.7 Å². The van der Waals surface area contributed by atoms with Gasteiger partial charge in [-0.25, -0.2) is 0 Å². The van der Waals surface area contributed by atoms with Crippen molar-refractivity contribution in [2.75, 3.05) is 7.05 Å². The zero-order valence-corrected chi connectivity index (χ0v) is 14.7. The first-order chi connectivity index (χ1) is 11.4. The van der Waals surface area contributed by atoms with E-state index in [-0.39, 0.29) is 17.9 Å². The summed E-state index contributed by atoms with van der Waals surface area (Å²) < 4.78 is 0. The van der Waals surface area contributed by atoms with Gasteiger partial charge < -0.3 is 16.5 Å². The van der Waals surface area contributed by atoms with Crippen molar-refractivity contribution < 1.29 is 9.59 Å². The Balaban J connectivity index is 2.52. The zero-order valence-electron chi connectivity index (χ0n) is 14.7.